The monoisotopic (exact) mass is 258 g/mol. The van der Waals surface area contributed by atoms with Crippen molar-refractivity contribution < 1.29 is 4.79 Å². The molecule has 0 heterocycles. The van der Waals surface area contributed by atoms with Crippen molar-refractivity contribution in [1.29, 1.82) is 0 Å². The smallest absolute Gasteiger partial charge is 0.226 e. The second kappa shape index (κ2) is 4.97. The van der Waals surface area contributed by atoms with Crippen molar-refractivity contribution in [2.75, 3.05) is 6.54 Å². The minimum atomic E-state index is -0.149. The van der Waals surface area contributed by atoms with Gasteiger partial charge in [0.1, 0.15) is 0 Å². The summed E-state index contributed by atoms with van der Waals surface area (Å²) in [5.41, 5.74) is 6.87. The van der Waals surface area contributed by atoms with Gasteiger partial charge in [-0.05, 0) is 43.6 Å². The van der Waals surface area contributed by atoms with Gasteiger partial charge in [-0.25, -0.2) is 0 Å². The van der Waals surface area contributed by atoms with Gasteiger partial charge in [0.2, 0.25) is 5.91 Å². The van der Waals surface area contributed by atoms with Crippen LogP contribution in [0.25, 0.3) is 0 Å². The van der Waals surface area contributed by atoms with Crippen molar-refractivity contribution in [3.05, 3.63) is 35.9 Å². The van der Waals surface area contributed by atoms with E-state index in [1.807, 2.05) is 18.2 Å². The zero-order valence-corrected chi connectivity index (χ0v) is 11.3. The van der Waals surface area contributed by atoms with E-state index in [2.05, 4.69) is 17.4 Å². The minimum absolute atomic E-state index is 0.149. The lowest BCUT2D eigenvalue weighted by molar-refractivity contribution is -0.127. The van der Waals surface area contributed by atoms with Gasteiger partial charge in [0, 0.05) is 12.6 Å². The first-order valence-corrected chi connectivity index (χ1v) is 7.28. The molecule has 1 unspecified atom stereocenters. The SMILES string of the molecule is NCC(NC(=O)C1(Cc2ccccc2)CC1)C1CC1. The van der Waals surface area contributed by atoms with Crippen molar-refractivity contribution in [2.24, 2.45) is 17.1 Å². The summed E-state index contributed by atoms with van der Waals surface area (Å²) in [5.74, 6) is 0.847. The second-order valence-electron chi connectivity index (χ2n) is 6.10. The number of amides is 1. The second-order valence-corrected chi connectivity index (χ2v) is 6.10. The van der Waals surface area contributed by atoms with E-state index >= 15 is 0 Å². The molecule has 0 aliphatic heterocycles. The molecule has 1 aromatic carbocycles. The fraction of sp³-hybridized carbons (Fsp3) is 0.562. The Balaban J connectivity index is 1.62. The van der Waals surface area contributed by atoms with Crippen LogP contribution in [0.1, 0.15) is 31.2 Å². The van der Waals surface area contributed by atoms with Crippen molar-refractivity contribution in [1.82, 2.24) is 5.32 Å². The Morgan fingerprint density at radius 3 is 2.53 bits per heavy atom. The van der Waals surface area contributed by atoms with Gasteiger partial charge in [-0.2, -0.15) is 0 Å². The molecular weight excluding hydrogens is 236 g/mol. The van der Waals surface area contributed by atoms with Gasteiger partial charge in [0.05, 0.1) is 5.41 Å². The number of benzene rings is 1. The Bertz CT molecular complexity index is 449. The van der Waals surface area contributed by atoms with Crippen LogP contribution in [-0.4, -0.2) is 18.5 Å². The van der Waals surface area contributed by atoms with Crippen LogP contribution in [0.5, 0.6) is 0 Å². The van der Waals surface area contributed by atoms with E-state index in [0.717, 1.165) is 19.3 Å². The van der Waals surface area contributed by atoms with E-state index in [1.165, 1.54) is 18.4 Å². The summed E-state index contributed by atoms with van der Waals surface area (Å²) >= 11 is 0. The number of hydrogen-bond donors (Lipinski definition) is 2. The molecule has 3 heteroatoms. The lowest BCUT2D eigenvalue weighted by Crippen LogP contribution is -2.45. The maximum Gasteiger partial charge on any atom is 0.226 e. The number of rotatable bonds is 6. The molecule has 0 bridgehead atoms. The molecule has 1 amide bonds. The van der Waals surface area contributed by atoms with Crippen LogP contribution in [-0.2, 0) is 11.2 Å². The lowest BCUT2D eigenvalue weighted by atomic mass is 9.95. The summed E-state index contributed by atoms with van der Waals surface area (Å²) in [6.07, 6.45) is 5.31. The molecule has 2 saturated carbocycles. The van der Waals surface area contributed by atoms with Gasteiger partial charge >= 0.3 is 0 Å². The molecule has 2 aliphatic rings. The fourth-order valence-corrected chi connectivity index (χ4v) is 2.81. The molecule has 102 valence electrons. The summed E-state index contributed by atoms with van der Waals surface area (Å²) in [7, 11) is 0. The zero-order valence-electron chi connectivity index (χ0n) is 11.3. The summed E-state index contributed by atoms with van der Waals surface area (Å²) in [4.78, 5) is 12.5. The Morgan fingerprint density at radius 1 is 1.32 bits per heavy atom. The summed E-state index contributed by atoms with van der Waals surface area (Å²) in [6, 6.07) is 10.5. The molecule has 0 aromatic heterocycles. The lowest BCUT2D eigenvalue weighted by Gasteiger charge is -2.21. The Hall–Kier alpha value is -1.35. The van der Waals surface area contributed by atoms with Gasteiger partial charge in [-0.15, -0.1) is 0 Å². The largest absolute Gasteiger partial charge is 0.351 e. The quantitative estimate of drug-likeness (QED) is 0.818. The van der Waals surface area contributed by atoms with Crippen molar-refractivity contribution in [3.8, 4) is 0 Å². The average molecular weight is 258 g/mol. The van der Waals surface area contributed by atoms with Crippen LogP contribution in [0.15, 0.2) is 30.3 Å². The fourth-order valence-electron chi connectivity index (χ4n) is 2.81. The van der Waals surface area contributed by atoms with E-state index in [1.54, 1.807) is 0 Å². The highest BCUT2D eigenvalue weighted by atomic mass is 16.2. The molecule has 3 nitrogen and oxygen atoms in total. The van der Waals surface area contributed by atoms with Crippen molar-refractivity contribution >= 4 is 5.91 Å². The molecule has 1 aromatic rings. The zero-order chi connectivity index (χ0) is 13.3. The first kappa shape index (κ1) is 12.7. The number of carbonyl (C=O) groups excluding carboxylic acids is 1. The molecule has 0 saturated heterocycles. The molecule has 2 aliphatic carbocycles. The van der Waals surface area contributed by atoms with Crippen molar-refractivity contribution in [2.45, 2.75) is 38.1 Å². The van der Waals surface area contributed by atoms with E-state index in [9.17, 15) is 4.79 Å². The van der Waals surface area contributed by atoms with Gasteiger partial charge in [0.25, 0.3) is 0 Å². The van der Waals surface area contributed by atoms with E-state index in [4.69, 9.17) is 5.73 Å². The number of hydrogen-bond acceptors (Lipinski definition) is 2. The normalized spacial score (nSPS) is 21.7. The van der Waals surface area contributed by atoms with Gasteiger partial charge < -0.3 is 11.1 Å². The van der Waals surface area contributed by atoms with Crippen LogP contribution in [0.2, 0.25) is 0 Å². The maximum atomic E-state index is 12.5. The molecule has 3 N–H and O–H groups in total. The van der Waals surface area contributed by atoms with Crippen LogP contribution < -0.4 is 11.1 Å². The topological polar surface area (TPSA) is 55.1 Å². The van der Waals surface area contributed by atoms with Gasteiger partial charge in [-0.1, -0.05) is 30.3 Å². The molecule has 2 fully saturated rings. The minimum Gasteiger partial charge on any atom is -0.351 e. The van der Waals surface area contributed by atoms with Gasteiger partial charge in [-0.3, -0.25) is 4.79 Å². The first-order chi connectivity index (χ1) is 9.23. The molecular formula is C16H22N2O. The maximum absolute atomic E-state index is 12.5. The predicted molar refractivity (Wildman–Crippen MR) is 75.5 cm³/mol. The highest BCUT2D eigenvalue weighted by Gasteiger charge is 2.50. The van der Waals surface area contributed by atoms with E-state index in [0.29, 0.717) is 12.5 Å². The van der Waals surface area contributed by atoms with Crippen LogP contribution >= 0.6 is 0 Å². The molecule has 0 radical (unpaired) electrons. The average Bonchev–Trinajstić information content (AvgIpc) is 3.31. The van der Waals surface area contributed by atoms with Crippen molar-refractivity contribution in [3.63, 3.8) is 0 Å². The third kappa shape index (κ3) is 2.81. The number of nitrogens with one attached hydrogen (secondary N) is 1. The summed E-state index contributed by atoms with van der Waals surface area (Å²) < 4.78 is 0. The Kier molecular flexibility index (Phi) is 3.31. The third-order valence-corrected chi connectivity index (χ3v) is 4.48. The van der Waals surface area contributed by atoms with Crippen LogP contribution in [0.3, 0.4) is 0 Å². The number of carbonyl (C=O) groups is 1. The first-order valence-electron chi connectivity index (χ1n) is 7.28. The van der Waals surface area contributed by atoms with Crippen LogP contribution in [0, 0.1) is 11.3 Å². The molecule has 1 atom stereocenters. The molecule has 0 spiro atoms. The highest BCUT2D eigenvalue weighted by Crippen LogP contribution is 2.49. The number of nitrogens with two attached hydrogens (primary N) is 1. The van der Waals surface area contributed by atoms with Gasteiger partial charge in [0.15, 0.2) is 0 Å². The third-order valence-electron chi connectivity index (χ3n) is 4.48. The van der Waals surface area contributed by atoms with E-state index < -0.39 is 0 Å². The summed E-state index contributed by atoms with van der Waals surface area (Å²) in [6.45, 7) is 0.567. The molecule has 19 heavy (non-hydrogen) atoms. The molecule has 3 rings (SSSR count). The Morgan fingerprint density at radius 2 is 2.00 bits per heavy atom. The predicted octanol–water partition coefficient (Wildman–Crippen LogP) is 1.86. The standard InChI is InChI=1S/C16H22N2O/c17-11-14(13-6-7-13)18-15(19)16(8-9-16)10-12-4-2-1-3-5-12/h1-5,13-14H,6-11,17H2,(H,18,19). The van der Waals surface area contributed by atoms with Crippen LogP contribution in [0.4, 0.5) is 0 Å². The highest BCUT2D eigenvalue weighted by molar-refractivity contribution is 5.86. The Labute approximate surface area is 114 Å². The van der Waals surface area contributed by atoms with E-state index in [-0.39, 0.29) is 17.4 Å². The summed E-state index contributed by atoms with van der Waals surface area (Å²) in [5, 5.41) is 3.19.